The smallest absolute Gasteiger partial charge is 0.238 e. The van der Waals surface area contributed by atoms with Gasteiger partial charge in [0.05, 0.1) is 35.1 Å². The molecular weight excluding hydrogens is 373 g/mol. The Hall–Kier alpha value is -1.95. The molecule has 7 heteroatoms. The van der Waals surface area contributed by atoms with E-state index in [-0.39, 0.29) is 5.91 Å². The number of hydrogen-bond donors (Lipinski definition) is 1. The van der Waals surface area contributed by atoms with Crippen molar-refractivity contribution in [3.63, 3.8) is 0 Å². The second-order valence-corrected chi connectivity index (χ2v) is 6.87. The summed E-state index contributed by atoms with van der Waals surface area (Å²) in [5, 5.41) is 3.62. The lowest BCUT2D eigenvalue weighted by Gasteiger charge is -2.36. The summed E-state index contributed by atoms with van der Waals surface area (Å²) in [6, 6.07) is 13.2. The van der Waals surface area contributed by atoms with Gasteiger partial charge in [-0.2, -0.15) is 0 Å². The number of nitrogens with zero attached hydrogens (tertiary/aromatic N) is 2. The minimum Gasteiger partial charge on any atom is -0.495 e. The summed E-state index contributed by atoms with van der Waals surface area (Å²) in [5.74, 6) is 0.772. The quantitative estimate of drug-likeness (QED) is 0.839. The van der Waals surface area contributed by atoms with Crippen LogP contribution in [-0.4, -0.2) is 50.6 Å². The Morgan fingerprint density at radius 1 is 1.08 bits per heavy atom. The van der Waals surface area contributed by atoms with Crippen molar-refractivity contribution in [3.05, 3.63) is 52.5 Å². The zero-order valence-corrected chi connectivity index (χ0v) is 16.1. The highest BCUT2D eigenvalue weighted by Crippen LogP contribution is 2.30. The first-order chi connectivity index (χ1) is 12.6. The standard InChI is InChI=1S/C19H21Cl2N3O2/c1-26-17-8-3-2-7-16(17)24-11-9-23(10-12-24)13-18(25)22-15-6-4-5-14(20)19(15)21/h2-8H,9-13H2,1H3,(H,22,25). The second kappa shape index (κ2) is 8.62. The number of rotatable bonds is 5. The van der Waals surface area contributed by atoms with E-state index in [1.165, 1.54) is 0 Å². The van der Waals surface area contributed by atoms with E-state index in [0.717, 1.165) is 37.6 Å². The molecule has 3 rings (SSSR count). The van der Waals surface area contributed by atoms with Gasteiger partial charge in [-0.05, 0) is 24.3 Å². The molecule has 0 saturated carbocycles. The number of anilines is 2. The van der Waals surface area contributed by atoms with Crippen LogP contribution < -0.4 is 15.0 Å². The van der Waals surface area contributed by atoms with Crippen molar-refractivity contribution in [2.24, 2.45) is 0 Å². The lowest BCUT2D eigenvalue weighted by Crippen LogP contribution is -2.48. The Bertz CT molecular complexity index is 777. The maximum atomic E-state index is 12.3. The number of benzene rings is 2. The van der Waals surface area contributed by atoms with E-state index < -0.39 is 0 Å². The molecule has 1 aliphatic heterocycles. The number of amides is 1. The Kier molecular flexibility index (Phi) is 6.25. The van der Waals surface area contributed by atoms with Crippen LogP contribution in [0.3, 0.4) is 0 Å². The number of halogens is 2. The predicted molar refractivity (Wildman–Crippen MR) is 107 cm³/mol. The van der Waals surface area contributed by atoms with Crippen LogP contribution in [0.2, 0.25) is 10.0 Å². The third kappa shape index (κ3) is 4.41. The molecule has 1 aliphatic rings. The zero-order chi connectivity index (χ0) is 18.5. The van der Waals surface area contributed by atoms with Crippen molar-refractivity contribution in [1.82, 2.24) is 4.90 Å². The number of piperazine rings is 1. The largest absolute Gasteiger partial charge is 0.495 e. The molecule has 1 fully saturated rings. The number of ether oxygens (including phenoxy) is 1. The Morgan fingerprint density at radius 3 is 2.54 bits per heavy atom. The van der Waals surface area contributed by atoms with Gasteiger partial charge in [0.2, 0.25) is 5.91 Å². The van der Waals surface area contributed by atoms with Gasteiger partial charge in [0.15, 0.2) is 0 Å². The van der Waals surface area contributed by atoms with E-state index in [2.05, 4.69) is 21.2 Å². The van der Waals surface area contributed by atoms with Crippen molar-refractivity contribution in [2.45, 2.75) is 0 Å². The maximum absolute atomic E-state index is 12.3. The van der Waals surface area contributed by atoms with Gasteiger partial charge in [-0.3, -0.25) is 9.69 Å². The highest BCUT2D eigenvalue weighted by atomic mass is 35.5. The molecule has 1 N–H and O–H groups in total. The average Bonchev–Trinajstić information content (AvgIpc) is 2.66. The van der Waals surface area contributed by atoms with Crippen LogP contribution in [0.25, 0.3) is 0 Å². The highest BCUT2D eigenvalue weighted by Gasteiger charge is 2.21. The fourth-order valence-corrected chi connectivity index (χ4v) is 3.38. The number of carbonyl (C=O) groups excluding carboxylic acids is 1. The number of nitrogens with one attached hydrogen (secondary N) is 1. The van der Waals surface area contributed by atoms with E-state index in [0.29, 0.717) is 22.3 Å². The normalized spacial score (nSPS) is 15.0. The first-order valence-corrected chi connectivity index (χ1v) is 9.18. The van der Waals surface area contributed by atoms with Crippen LogP contribution in [0.1, 0.15) is 0 Å². The molecule has 0 radical (unpaired) electrons. The molecule has 0 spiro atoms. The van der Waals surface area contributed by atoms with E-state index in [1.54, 1.807) is 25.3 Å². The molecule has 2 aromatic carbocycles. The first-order valence-electron chi connectivity index (χ1n) is 8.42. The second-order valence-electron chi connectivity index (χ2n) is 6.08. The van der Waals surface area contributed by atoms with Gasteiger partial charge in [0, 0.05) is 26.2 Å². The van der Waals surface area contributed by atoms with Crippen molar-refractivity contribution >= 4 is 40.5 Å². The first kappa shape index (κ1) is 18.8. The van der Waals surface area contributed by atoms with E-state index in [4.69, 9.17) is 27.9 Å². The Morgan fingerprint density at radius 2 is 1.81 bits per heavy atom. The lowest BCUT2D eigenvalue weighted by atomic mass is 10.2. The SMILES string of the molecule is COc1ccccc1N1CCN(CC(=O)Nc2cccc(Cl)c2Cl)CC1. The molecule has 0 bridgehead atoms. The monoisotopic (exact) mass is 393 g/mol. The highest BCUT2D eigenvalue weighted by molar-refractivity contribution is 6.44. The molecular formula is C19H21Cl2N3O2. The average molecular weight is 394 g/mol. The topological polar surface area (TPSA) is 44.8 Å². The van der Waals surface area contributed by atoms with Gasteiger partial charge in [-0.15, -0.1) is 0 Å². The van der Waals surface area contributed by atoms with Crippen LogP contribution in [0.4, 0.5) is 11.4 Å². The molecule has 5 nitrogen and oxygen atoms in total. The van der Waals surface area contributed by atoms with Gasteiger partial charge in [0.25, 0.3) is 0 Å². The number of hydrogen-bond acceptors (Lipinski definition) is 4. The number of carbonyl (C=O) groups is 1. The Labute approximate surface area is 163 Å². The predicted octanol–water partition coefficient (Wildman–Crippen LogP) is 3.76. The molecule has 0 atom stereocenters. The van der Waals surface area contributed by atoms with Gasteiger partial charge in [0.1, 0.15) is 5.75 Å². The minimum atomic E-state index is -0.0973. The minimum absolute atomic E-state index is 0.0973. The fourth-order valence-electron chi connectivity index (χ4n) is 3.03. The summed E-state index contributed by atoms with van der Waals surface area (Å²) in [5.41, 5.74) is 1.63. The third-order valence-electron chi connectivity index (χ3n) is 4.39. The number of methoxy groups -OCH3 is 1. The molecule has 26 heavy (non-hydrogen) atoms. The van der Waals surface area contributed by atoms with Crippen molar-refractivity contribution in [1.29, 1.82) is 0 Å². The van der Waals surface area contributed by atoms with Crippen LogP contribution in [0.15, 0.2) is 42.5 Å². The van der Waals surface area contributed by atoms with Gasteiger partial charge < -0.3 is 15.0 Å². The Balaban J connectivity index is 1.54. The van der Waals surface area contributed by atoms with Crippen LogP contribution in [-0.2, 0) is 4.79 Å². The van der Waals surface area contributed by atoms with Gasteiger partial charge >= 0.3 is 0 Å². The van der Waals surface area contributed by atoms with Gasteiger partial charge in [-0.25, -0.2) is 0 Å². The summed E-state index contributed by atoms with van der Waals surface area (Å²) < 4.78 is 5.43. The molecule has 138 valence electrons. The molecule has 2 aromatic rings. The number of para-hydroxylation sites is 2. The van der Waals surface area contributed by atoms with Crippen LogP contribution in [0, 0.1) is 0 Å². The third-order valence-corrected chi connectivity index (χ3v) is 5.21. The van der Waals surface area contributed by atoms with E-state index >= 15 is 0 Å². The van der Waals surface area contributed by atoms with E-state index in [9.17, 15) is 4.79 Å². The maximum Gasteiger partial charge on any atom is 0.238 e. The lowest BCUT2D eigenvalue weighted by molar-refractivity contribution is -0.117. The van der Waals surface area contributed by atoms with Crippen molar-refractivity contribution < 1.29 is 9.53 Å². The summed E-state index contributed by atoms with van der Waals surface area (Å²) >= 11 is 12.1. The zero-order valence-electron chi connectivity index (χ0n) is 14.5. The van der Waals surface area contributed by atoms with Gasteiger partial charge in [-0.1, -0.05) is 41.4 Å². The molecule has 0 aliphatic carbocycles. The van der Waals surface area contributed by atoms with Crippen molar-refractivity contribution in [2.75, 3.05) is 50.1 Å². The summed E-state index contributed by atoms with van der Waals surface area (Å²) in [4.78, 5) is 16.7. The van der Waals surface area contributed by atoms with Crippen molar-refractivity contribution in [3.8, 4) is 5.75 Å². The van der Waals surface area contributed by atoms with Crippen LogP contribution in [0.5, 0.6) is 5.75 Å². The summed E-state index contributed by atoms with van der Waals surface area (Å²) in [6.45, 7) is 3.60. The molecule has 0 unspecified atom stereocenters. The van der Waals surface area contributed by atoms with E-state index in [1.807, 2.05) is 18.2 Å². The molecule has 0 aromatic heterocycles. The molecule has 1 saturated heterocycles. The molecule has 1 amide bonds. The summed E-state index contributed by atoms with van der Waals surface area (Å²) in [7, 11) is 1.68. The fraction of sp³-hybridized carbons (Fsp3) is 0.316. The molecule has 1 heterocycles. The summed E-state index contributed by atoms with van der Waals surface area (Å²) in [6.07, 6.45) is 0. The van der Waals surface area contributed by atoms with Crippen LogP contribution >= 0.6 is 23.2 Å².